The molecule has 0 spiro atoms. The van der Waals surface area contributed by atoms with Crippen molar-refractivity contribution in [1.82, 2.24) is 0 Å². The first kappa shape index (κ1) is 21.0. The first-order valence-corrected chi connectivity index (χ1v) is 9.83. The smallest absolute Gasteiger partial charge is 0.0607 e. The van der Waals surface area contributed by atoms with Gasteiger partial charge in [-0.2, -0.15) is 0 Å². The molecule has 4 unspecified atom stereocenters. The molecule has 0 aliphatic carbocycles. The van der Waals surface area contributed by atoms with E-state index in [4.69, 9.17) is 4.74 Å². The Morgan fingerprint density at radius 1 is 0.524 bits per heavy atom. The first-order valence-electron chi connectivity index (χ1n) is 9.83. The molecular weight excluding hydrogens is 256 g/mol. The molecule has 0 aliphatic heterocycles. The van der Waals surface area contributed by atoms with Gasteiger partial charge in [0.1, 0.15) is 0 Å². The van der Waals surface area contributed by atoms with Gasteiger partial charge < -0.3 is 4.74 Å². The number of ether oxygens (including phenoxy) is 1. The van der Waals surface area contributed by atoms with E-state index in [2.05, 4.69) is 41.5 Å². The van der Waals surface area contributed by atoms with Crippen molar-refractivity contribution in [3.8, 4) is 0 Å². The lowest BCUT2D eigenvalue weighted by molar-refractivity contribution is -0.0806. The molecule has 1 nitrogen and oxygen atoms in total. The average molecular weight is 299 g/mol. The summed E-state index contributed by atoms with van der Waals surface area (Å²) < 4.78 is 6.74. The van der Waals surface area contributed by atoms with Crippen molar-refractivity contribution in [2.75, 3.05) is 0 Å². The van der Waals surface area contributed by atoms with E-state index in [0.29, 0.717) is 12.2 Å². The van der Waals surface area contributed by atoms with E-state index < -0.39 is 0 Å². The average Bonchev–Trinajstić information content (AvgIpc) is 2.49. The molecule has 1 heteroatoms. The van der Waals surface area contributed by atoms with Gasteiger partial charge in [-0.15, -0.1) is 0 Å². The molecule has 0 rings (SSSR count). The Hall–Kier alpha value is -0.0400. The van der Waals surface area contributed by atoms with Crippen molar-refractivity contribution in [2.45, 2.75) is 118 Å². The second-order valence-electron chi connectivity index (χ2n) is 6.70. The van der Waals surface area contributed by atoms with Crippen LogP contribution in [-0.4, -0.2) is 12.2 Å². The predicted molar refractivity (Wildman–Crippen MR) is 95.9 cm³/mol. The van der Waals surface area contributed by atoms with Crippen LogP contribution in [0.1, 0.15) is 106 Å². The first-order chi connectivity index (χ1) is 10.2. The third-order valence-electron chi connectivity index (χ3n) is 4.92. The molecule has 0 bridgehead atoms. The zero-order chi connectivity index (χ0) is 16.1. The van der Waals surface area contributed by atoms with Crippen LogP contribution in [0.25, 0.3) is 0 Å². The highest BCUT2D eigenvalue weighted by atomic mass is 16.5. The van der Waals surface area contributed by atoms with Crippen molar-refractivity contribution >= 4 is 0 Å². The Balaban J connectivity index is 4.84. The largest absolute Gasteiger partial charge is 0.374 e. The maximum absolute atomic E-state index is 6.74. The quantitative estimate of drug-likeness (QED) is 0.335. The van der Waals surface area contributed by atoms with E-state index >= 15 is 0 Å². The summed E-state index contributed by atoms with van der Waals surface area (Å²) in [5.74, 6) is 1.52. The molecule has 0 aromatic rings. The third-order valence-corrected chi connectivity index (χ3v) is 4.92. The summed E-state index contributed by atoms with van der Waals surface area (Å²) in [6.45, 7) is 13.9. The molecule has 0 saturated carbocycles. The summed E-state index contributed by atoms with van der Waals surface area (Å²) in [5, 5.41) is 0. The number of rotatable bonds is 14. The molecule has 21 heavy (non-hydrogen) atoms. The fourth-order valence-electron chi connectivity index (χ4n) is 3.67. The van der Waals surface area contributed by atoms with Crippen molar-refractivity contribution in [1.29, 1.82) is 0 Å². The minimum atomic E-state index is 0.488. The Morgan fingerprint density at radius 2 is 0.857 bits per heavy atom. The lowest BCUT2D eigenvalue weighted by Crippen LogP contribution is -2.33. The van der Waals surface area contributed by atoms with Gasteiger partial charge in [0.25, 0.3) is 0 Å². The van der Waals surface area contributed by atoms with E-state index in [1.807, 2.05) is 0 Å². The Labute approximate surface area is 135 Å². The van der Waals surface area contributed by atoms with E-state index in [-0.39, 0.29) is 0 Å². The van der Waals surface area contributed by atoms with E-state index in [0.717, 1.165) is 11.8 Å². The topological polar surface area (TPSA) is 9.23 Å². The van der Waals surface area contributed by atoms with Gasteiger partial charge in [0.05, 0.1) is 12.2 Å². The Bertz CT molecular complexity index is 192. The highest BCUT2D eigenvalue weighted by molar-refractivity contribution is 4.75. The molecule has 0 aromatic heterocycles. The van der Waals surface area contributed by atoms with Crippen molar-refractivity contribution < 1.29 is 4.74 Å². The predicted octanol–water partition coefficient (Wildman–Crippen LogP) is 6.99. The summed E-state index contributed by atoms with van der Waals surface area (Å²) in [6, 6.07) is 0. The van der Waals surface area contributed by atoms with Gasteiger partial charge in [0, 0.05) is 0 Å². The van der Waals surface area contributed by atoms with Crippen LogP contribution >= 0.6 is 0 Å². The van der Waals surface area contributed by atoms with Crippen molar-refractivity contribution in [3.63, 3.8) is 0 Å². The SMILES string of the molecule is CCCC(CC)C(CCC)OC(CCC)C(CC)CCC. The monoisotopic (exact) mass is 298 g/mol. The van der Waals surface area contributed by atoms with Crippen LogP contribution < -0.4 is 0 Å². The highest BCUT2D eigenvalue weighted by Gasteiger charge is 2.26. The van der Waals surface area contributed by atoms with Crippen molar-refractivity contribution in [2.24, 2.45) is 11.8 Å². The summed E-state index contributed by atoms with van der Waals surface area (Å²) in [7, 11) is 0. The van der Waals surface area contributed by atoms with Gasteiger partial charge in [-0.25, -0.2) is 0 Å². The fourth-order valence-corrected chi connectivity index (χ4v) is 3.67. The lowest BCUT2D eigenvalue weighted by atomic mass is 9.88. The molecule has 0 radical (unpaired) electrons. The molecule has 0 fully saturated rings. The minimum Gasteiger partial charge on any atom is -0.374 e. The molecule has 0 N–H and O–H groups in total. The lowest BCUT2D eigenvalue weighted by Gasteiger charge is -2.34. The van der Waals surface area contributed by atoms with Crippen LogP contribution in [0.3, 0.4) is 0 Å². The maximum atomic E-state index is 6.74. The Kier molecular flexibility index (Phi) is 13.6. The van der Waals surface area contributed by atoms with Crippen molar-refractivity contribution in [3.05, 3.63) is 0 Å². The number of hydrogen-bond donors (Lipinski definition) is 0. The standard InChI is InChI=1S/C20H42O/c1-7-13-17(11-5)19(15-9-3)21-20(16-10-4)18(12-6)14-8-2/h17-20H,7-16H2,1-6H3. The second-order valence-corrected chi connectivity index (χ2v) is 6.70. The zero-order valence-electron chi connectivity index (χ0n) is 15.8. The van der Waals surface area contributed by atoms with Crippen LogP contribution in [0.4, 0.5) is 0 Å². The van der Waals surface area contributed by atoms with E-state index in [9.17, 15) is 0 Å². The fraction of sp³-hybridized carbons (Fsp3) is 1.00. The second kappa shape index (κ2) is 13.6. The molecule has 4 atom stereocenters. The molecule has 0 saturated heterocycles. The van der Waals surface area contributed by atoms with Gasteiger partial charge in [0.2, 0.25) is 0 Å². The molecule has 128 valence electrons. The van der Waals surface area contributed by atoms with Crippen LogP contribution in [0, 0.1) is 11.8 Å². The molecule has 0 heterocycles. The summed E-state index contributed by atoms with van der Waals surface area (Å²) in [6.07, 6.45) is 13.7. The minimum absolute atomic E-state index is 0.488. The van der Waals surface area contributed by atoms with Crippen LogP contribution in [0.15, 0.2) is 0 Å². The normalized spacial score (nSPS) is 17.4. The van der Waals surface area contributed by atoms with Crippen LogP contribution in [0.5, 0.6) is 0 Å². The van der Waals surface area contributed by atoms with Gasteiger partial charge in [-0.05, 0) is 37.5 Å². The highest BCUT2D eigenvalue weighted by Crippen LogP contribution is 2.29. The zero-order valence-corrected chi connectivity index (χ0v) is 15.8. The molecular formula is C20H42O. The summed E-state index contributed by atoms with van der Waals surface area (Å²) >= 11 is 0. The van der Waals surface area contributed by atoms with Gasteiger partial charge >= 0.3 is 0 Å². The summed E-state index contributed by atoms with van der Waals surface area (Å²) in [5.41, 5.74) is 0. The Morgan fingerprint density at radius 3 is 1.10 bits per heavy atom. The third kappa shape index (κ3) is 8.24. The summed E-state index contributed by atoms with van der Waals surface area (Å²) in [4.78, 5) is 0. The maximum Gasteiger partial charge on any atom is 0.0607 e. The van der Waals surface area contributed by atoms with E-state index in [1.165, 1.54) is 64.2 Å². The molecule has 0 aromatic carbocycles. The van der Waals surface area contributed by atoms with E-state index in [1.54, 1.807) is 0 Å². The van der Waals surface area contributed by atoms with Gasteiger partial charge in [-0.1, -0.05) is 80.1 Å². The van der Waals surface area contributed by atoms with Crippen LogP contribution in [0.2, 0.25) is 0 Å². The van der Waals surface area contributed by atoms with Crippen LogP contribution in [-0.2, 0) is 4.74 Å². The molecule has 0 amide bonds. The van der Waals surface area contributed by atoms with Gasteiger partial charge in [-0.3, -0.25) is 0 Å². The van der Waals surface area contributed by atoms with Gasteiger partial charge in [0.15, 0.2) is 0 Å². The molecule has 0 aliphatic rings. The number of hydrogen-bond acceptors (Lipinski definition) is 1.